The highest BCUT2D eigenvalue weighted by Crippen LogP contribution is 2.31. The van der Waals surface area contributed by atoms with Crippen molar-refractivity contribution in [3.05, 3.63) is 0 Å². The van der Waals surface area contributed by atoms with E-state index in [9.17, 15) is 0 Å². The quantitative estimate of drug-likeness (QED) is 0.613. The van der Waals surface area contributed by atoms with Crippen LogP contribution in [0, 0.1) is 5.41 Å². The van der Waals surface area contributed by atoms with Gasteiger partial charge in [0.15, 0.2) is 0 Å². The number of hydrogen-bond acceptors (Lipinski definition) is 4. The second kappa shape index (κ2) is 5.30. The number of rotatable bonds is 8. The van der Waals surface area contributed by atoms with Gasteiger partial charge in [-0.15, -0.1) is 0 Å². The molecule has 2 heterocycles. The average molecular weight is 248 g/mol. The van der Waals surface area contributed by atoms with E-state index in [1.54, 1.807) is 0 Å². The standard InChI is InChI=1S/C11H20O2S2/c1-11(2,7-12-3-9-5-14-9)8-13-4-10-6-15-10/h9-10H,3-8H2,1-2H3. The Kier molecular flexibility index (Phi) is 4.27. The smallest absolute Gasteiger partial charge is 0.0593 e. The van der Waals surface area contributed by atoms with Crippen molar-refractivity contribution in [1.29, 1.82) is 0 Å². The number of thioether (sulfide) groups is 2. The van der Waals surface area contributed by atoms with E-state index in [2.05, 4.69) is 13.8 Å². The van der Waals surface area contributed by atoms with Crippen LogP contribution in [0.25, 0.3) is 0 Å². The number of hydrogen-bond donors (Lipinski definition) is 0. The highest BCUT2D eigenvalue weighted by Gasteiger charge is 2.26. The van der Waals surface area contributed by atoms with Gasteiger partial charge in [-0.1, -0.05) is 13.8 Å². The van der Waals surface area contributed by atoms with Gasteiger partial charge >= 0.3 is 0 Å². The molecule has 15 heavy (non-hydrogen) atoms. The molecule has 2 nitrogen and oxygen atoms in total. The predicted molar refractivity (Wildman–Crippen MR) is 67.9 cm³/mol. The lowest BCUT2D eigenvalue weighted by Gasteiger charge is -2.24. The lowest BCUT2D eigenvalue weighted by atomic mass is 9.96. The first-order valence-electron chi connectivity index (χ1n) is 5.54. The molecular formula is C11H20O2S2. The molecule has 0 aromatic heterocycles. The molecule has 4 heteroatoms. The first-order chi connectivity index (χ1) is 7.16. The van der Waals surface area contributed by atoms with Crippen LogP contribution >= 0.6 is 23.5 Å². The highest BCUT2D eigenvalue weighted by atomic mass is 32.2. The topological polar surface area (TPSA) is 18.5 Å². The Bertz CT molecular complexity index is 181. The molecule has 88 valence electrons. The molecule has 2 rings (SSSR count). The van der Waals surface area contributed by atoms with Crippen molar-refractivity contribution in [3.63, 3.8) is 0 Å². The summed E-state index contributed by atoms with van der Waals surface area (Å²) in [6.45, 7) is 7.92. The minimum atomic E-state index is 0.166. The van der Waals surface area contributed by atoms with Gasteiger partial charge in [0.05, 0.1) is 26.4 Å². The fraction of sp³-hybridized carbons (Fsp3) is 1.00. The minimum absolute atomic E-state index is 0.166. The van der Waals surface area contributed by atoms with Crippen molar-refractivity contribution in [2.75, 3.05) is 37.9 Å². The van der Waals surface area contributed by atoms with E-state index < -0.39 is 0 Å². The highest BCUT2D eigenvalue weighted by molar-refractivity contribution is 8.07. The predicted octanol–water partition coefficient (Wildman–Crippen LogP) is 2.28. The summed E-state index contributed by atoms with van der Waals surface area (Å²) in [5.74, 6) is 2.58. The van der Waals surface area contributed by atoms with Crippen LogP contribution in [0.2, 0.25) is 0 Å². The van der Waals surface area contributed by atoms with E-state index in [-0.39, 0.29) is 5.41 Å². The fourth-order valence-corrected chi connectivity index (χ4v) is 2.15. The van der Waals surface area contributed by atoms with E-state index in [1.165, 1.54) is 11.5 Å². The Balaban J connectivity index is 1.50. The van der Waals surface area contributed by atoms with Crippen molar-refractivity contribution in [1.82, 2.24) is 0 Å². The molecular weight excluding hydrogens is 228 g/mol. The van der Waals surface area contributed by atoms with Gasteiger partial charge in [0, 0.05) is 27.4 Å². The van der Waals surface area contributed by atoms with E-state index in [0.717, 1.165) is 36.9 Å². The Morgan fingerprint density at radius 3 is 1.73 bits per heavy atom. The lowest BCUT2D eigenvalue weighted by molar-refractivity contribution is 0.000903. The molecule has 0 aromatic carbocycles. The third kappa shape index (κ3) is 5.48. The van der Waals surface area contributed by atoms with Crippen molar-refractivity contribution < 1.29 is 9.47 Å². The summed E-state index contributed by atoms with van der Waals surface area (Å²) in [4.78, 5) is 0. The summed E-state index contributed by atoms with van der Waals surface area (Å²) < 4.78 is 11.4. The third-order valence-corrected chi connectivity index (χ3v) is 4.28. The molecule has 0 aliphatic carbocycles. The first-order valence-corrected chi connectivity index (χ1v) is 7.64. The SMILES string of the molecule is CC(C)(COCC1CS1)COCC1CS1. The van der Waals surface area contributed by atoms with Crippen LogP contribution in [0.15, 0.2) is 0 Å². The summed E-state index contributed by atoms with van der Waals surface area (Å²) in [5, 5.41) is 1.56. The van der Waals surface area contributed by atoms with Crippen molar-refractivity contribution >= 4 is 23.5 Å². The first kappa shape index (κ1) is 12.1. The van der Waals surface area contributed by atoms with Crippen molar-refractivity contribution in [2.45, 2.75) is 24.3 Å². The molecule has 0 radical (unpaired) electrons. The molecule has 0 spiro atoms. The van der Waals surface area contributed by atoms with Gasteiger partial charge in [-0.05, 0) is 0 Å². The van der Waals surface area contributed by atoms with Crippen LogP contribution in [0.3, 0.4) is 0 Å². The van der Waals surface area contributed by atoms with Crippen LogP contribution in [0.4, 0.5) is 0 Å². The third-order valence-electron chi connectivity index (χ3n) is 2.40. The molecule has 2 fully saturated rings. The second-order valence-corrected chi connectivity index (χ2v) is 7.77. The van der Waals surface area contributed by atoms with Gasteiger partial charge in [-0.2, -0.15) is 23.5 Å². The Labute approximate surface area is 101 Å². The molecule has 2 aliphatic rings. The summed E-state index contributed by atoms with van der Waals surface area (Å²) >= 11 is 3.98. The molecule has 0 amide bonds. The average Bonchev–Trinajstić information content (AvgIpc) is 2.97. The summed E-state index contributed by atoms with van der Waals surface area (Å²) in [6.07, 6.45) is 0. The molecule has 0 aromatic rings. The van der Waals surface area contributed by atoms with Gasteiger partial charge in [-0.3, -0.25) is 0 Å². The summed E-state index contributed by atoms with van der Waals surface area (Å²) in [5.41, 5.74) is 0.166. The zero-order valence-electron chi connectivity index (χ0n) is 9.53. The van der Waals surface area contributed by atoms with E-state index in [0.29, 0.717) is 0 Å². The van der Waals surface area contributed by atoms with Crippen LogP contribution in [0.5, 0.6) is 0 Å². The van der Waals surface area contributed by atoms with Gasteiger partial charge in [0.25, 0.3) is 0 Å². The number of ether oxygens (including phenoxy) is 2. The van der Waals surface area contributed by atoms with Gasteiger partial charge in [-0.25, -0.2) is 0 Å². The monoisotopic (exact) mass is 248 g/mol. The molecule has 0 bridgehead atoms. The Morgan fingerprint density at radius 2 is 1.40 bits per heavy atom. The Morgan fingerprint density at radius 1 is 1.00 bits per heavy atom. The van der Waals surface area contributed by atoms with Crippen molar-refractivity contribution in [2.24, 2.45) is 5.41 Å². The fourth-order valence-electron chi connectivity index (χ4n) is 1.30. The zero-order valence-corrected chi connectivity index (χ0v) is 11.2. The van der Waals surface area contributed by atoms with E-state index in [4.69, 9.17) is 9.47 Å². The summed E-state index contributed by atoms with van der Waals surface area (Å²) in [7, 11) is 0. The van der Waals surface area contributed by atoms with Crippen LogP contribution in [-0.4, -0.2) is 48.4 Å². The molecule has 2 atom stereocenters. The normalized spacial score (nSPS) is 29.2. The summed E-state index contributed by atoms with van der Waals surface area (Å²) in [6, 6.07) is 0. The van der Waals surface area contributed by atoms with Crippen LogP contribution in [0.1, 0.15) is 13.8 Å². The van der Waals surface area contributed by atoms with E-state index in [1.807, 2.05) is 23.5 Å². The Hall–Kier alpha value is 0.620. The maximum absolute atomic E-state index is 5.69. The molecule has 2 aliphatic heterocycles. The molecule has 0 N–H and O–H groups in total. The molecule has 2 saturated heterocycles. The lowest BCUT2D eigenvalue weighted by Crippen LogP contribution is -2.27. The van der Waals surface area contributed by atoms with Gasteiger partial charge in [0.2, 0.25) is 0 Å². The maximum atomic E-state index is 5.69. The molecule has 0 saturated carbocycles. The minimum Gasteiger partial charge on any atom is -0.380 e. The molecule has 2 unspecified atom stereocenters. The van der Waals surface area contributed by atoms with Gasteiger partial charge in [0.1, 0.15) is 0 Å². The maximum Gasteiger partial charge on any atom is 0.0593 e. The second-order valence-electron chi connectivity index (χ2n) is 5.11. The van der Waals surface area contributed by atoms with Crippen LogP contribution < -0.4 is 0 Å². The largest absolute Gasteiger partial charge is 0.380 e. The van der Waals surface area contributed by atoms with Gasteiger partial charge < -0.3 is 9.47 Å². The zero-order chi connectivity index (χ0) is 10.7. The van der Waals surface area contributed by atoms with Crippen LogP contribution in [-0.2, 0) is 9.47 Å². The van der Waals surface area contributed by atoms with Crippen molar-refractivity contribution in [3.8, 4) is 0 Å². The van der Waals surface area contributed by atoms with E-state index >= 15 is 0 Å².